The molecule has 6 nitrogen and oxygen atoms in total. The number of likely N-dealkylation sites (tertiary alicyclic amines) is 1. The van der Waals surface area contributed by atoms with E-state index in [0.29, 0.717) is 31.8 Å². The molecule has 1 aromatic rings. The molecule has 2 rings (SSSR count). The van der Waals surface area contributed by atoms with Crippen LogP contribution < -0.4 is 4.74 Å². The summed E-state index contributed by atoms with van der Waals surface area (Å²) in [6.07, 6.45) is 0.378. The molecule has 1 amide bonds. The summed E-state index contributed by atoms with van der Waals surface area (Å²) in [5, 5.41) is 3.50. The zero-order valence-corrected chi connectivity index (χ0v) is 11.1. The lowest BCUT2D eigenvalue weighted by atomic mass is 10.1. The minimum atomic E-state index is -0.375. The van der Waals surface area contributed by atoms with Gasteiger partial charge in [-0.1, -0.05) is 11.2 Å². The van der Waals surface area contributed by atoms with E-state index in [1.165, 1.54) is 19.2 Å². The molecule has 0 aliphatic carbocycles. The van der Waals surface area contributed by atoms with Crippen LogP contribution in [-0.4, -0.2) is 31.0 Å². The van der Waals surface area contributed by atoms with Crippen molar-refractivity contribution >= 4 is 5.91 Å². The van der Waals surface area contributed by atoms with Crippen LogP contribution in [0.25, 0.3) is 10.4 Å². The Hall–Kier alpha value is -2.27. The van der Waals surface area contributed by atoms with Crippen molar-refractivity contribution in [3.63, 3.8) is 0 Å². The van der Waals surface area contributed by atoms with Gasteiger partial charge in [-0.25, -0.2) is 4.39 Å². The second-order valence-electron chi connectivity index (χ2n) is 4.71. The van der Waals surface area contributed by atoms with Crippen molar-refractivity contribution in [1.82, 2.24) is 4.90 Å². The van der Waals surface area contributed by atoms with E-state index in [4.69, 9.17) is 10.3 Å². The molecule has 0 N–H and O–H groups in total. The Labute approximate surface area is 115 Å². The summed E-state index contributed by atoms with van der Waals surface area (Å²) in [6.45, 7) is 1.23. The Morgan fingerprint density at radius 3 is 3.10 bits per heavy atom. The second kappa shape index (κ2) is 6.25. The van der Waals surface area contributed by atoms with E-state index in [9.17, 15) is 9.18 Å². The predicted octanol–water partition coefficient (Wildman–Crippen LogP) is 2.49. The molecule has 1 aliphatic heterocycles. The molecule has 0 aromatic heterocycles. The van der Waals surface area contributed by atoms with Gasteiger partial charge in [-0.2, -0.15) is 0 Å². The number of hydrogen-bond donors (Lipinski definition) is 0. The molecule has 0 saturated carbocycles. The van der Waals surface area contributed by atoms with Crippen molar-refractivity contribution in [3.05, 3.63) is 40.0 Å². The van der Waals surface area contributed by atoms with Crippen LogP contribution in [-0.2, 0) is 11.3 Å². The molecule has 0 radical (unpaired) electrons. The highest BCUT2D eigenvalue weighted by molar-refractivity contribution is 5.78. The molecule has 20 heavy (non-hydrogen) atoms. The van der Waals surface area contributed by atoms with Crippen LogP contribution >= 0.6 is 0 Å². The number of hydrogen-bond acceptors (Lipinski definition) is 3. The van der Waals surface area contributed by atoms with Gasteiger partial charge in [0.05, 0.1) is 7.11 Å². The number of halogens is 1. The molecular formula is C13H15FN4O2. The number of nitrogens with zero attached hydrogens (tertiary/aromatic N) is 4. The van der Waals surface area contributed by atoms with E-state index in [2.05, 4.69) is 10.0 Å². The highest BCUT2D eigenvalue weighted by Crippen LogP contribution is 2.25. The monoisotopic (exact) mass is 278 g/mol. The van der Waals surface area contributed by atoms with Gasteiger partial charge in [0.1, 0.15) is 11.6 Å². The average Bonchev–Trinajstić information content (AvgIpc) is 2.79. The van der Waals surface area contributed by atoms with Gasteiger partial charge in [-0.15, -0.1) is 0 Å². The summed E-state index contributed by atoms with van der Waals surface area (Å²) in [5.74, 6) is 0.107. The molecule has 1 saturated heterocycles. The molecule has 1 aliphatic rings. The fourth-order valence-corrected chi connectivity index (χ4v) is 2.34. The van der Waals surface area contributed by atoms with Gasteiger partial charge in [-0.05, 0) is 17.5 Å². The minimum absolute atomic E-state index is 0.00881. The van der Waals surface area contributed by atoms with Gasteiger partial charge in [0.2, 0.25) is 5.91 Å². The minimum Gasteiger partial charge on any atom is -0.496 e. The van der Waals surface area contributed by atoms with Gasteiger partial charge in [-0.3, -0.25) is 4.79 Å². The molecule has 1 aromatic carbocycles. The molecule has 0 bridgehead atoms. The lowest BCUT2D eigenvalue weighted by Crippen LogP contribution is -2.25. The van der Waals surface area contributed by atoms with Crippen molar-refractivity contribution in [1.29, 1.82) is 0 Å². The maximum atomic E-state index is 13.1. The van der Waals surface area contributed by atoms with Gasteiger partial charge in [0.15, 0.2) is 0 Å². The van der Waals surface area contributed by atoms with Crippen LogP contribution in [0, 0.1) is 11.7 Å². The zero-order valence-electron chi connectivity index (χ0n) is 11.1. The molecular weight excluding hydrogens is 263 g/mol. The van der Waals surface area contributed by atoms with Crippen molar-refractivity contribution < 1.29 is 13.9 Å². The quantitative estimate of drug-likeness (QED) is 0.471. The van der Waals surface area contributed by atoms with Gasteiger partial charge < -0.3 is 9.64 Å². The molecule has 1 atom stereocenters. The zero-order chi connectivity index (χ0) is 14.5. The fourth-order valence-electron chi connectivity index (χ4n) is 2.34. The number of ether oxygens (including phenoxy) is 1. The number of rotatable bonds is 5. The highest BCUT2D eigenvalue weighted by atomic mass is 19.1. The third kappa shape index (κ3) is 3.19. The van der Waals surface area contributed by atoms with Gasteiger partial charge in [0, 0.05) is 42.6 Å². The van der Waals surface area contributed by atoms with E-state index in [1.807, 2.05) is 0 Å². The first-order chi connectivity index (χ1) is 9.63. The van der Waals surface area contributed by atoms with E-state index in [0.717, 1.165) is 5.56 Å². The standard InChI is InChI=1S/C13H15FN4O2/c1-20-12-5-11(14)3-2-10(12)8-18-7-9(4-13(18)19)6-16-17-15/h2-3,5,9H,4,6-8H2,1H3. The number of methoxy groups -OCH3 is 1. The first-order valence-electron chi connectivity index (χ1n) is 6.25. The Balaban J connectivity index is 2.07. The summed E-state index contributed by atoms with van der Waals surface area (Å²) in [6, 6.07) is 4.26. The summed E-state index contributed by atoms with van der Waals surface area (Å²) in [4.78, 5) is 16.3. The van der Waals surface area contributed by atoms with Crippen molar-refractivity contribution in [3.8, 4) is 5.75 Å². The summed E-state index contributed by atoms with van der Waals surface area (Å²) >= 11 is 0. The molecule has 1 fully saturated rings. The smallest absolute Gasteiger partial charge is 0.223 e. The molecule has 7 heteroatoms. The maximum Gasteiger partial charge on any atom is 0.223 e. The van der Waals surface area contributed by atoms with E-state index < -0.39 is 0 Å². The first kappa shape index (κ1) is 14.1. The molecule has 106 valence electrons. The highest BCUT2D eigenvalue weighted by Gasteiger charge is 2.29. The number of carbonyl (C=O) groups is 1. The lowest BCUT2D eigenvalue weighted by molar-refractivity contribution is -0.128. The third-order valence-electron chi connectivity index (χ3n) is 3.31. The topological polar surface area (TPSA) is 78.3 Å². The number of benzene rings is 1. The Bertz CT molecular complexity index is 557. The predicted molar refractivity (Wildman–Crippen MR) is 70.5 cm³/mol. The van der Waals surface area contributed by atoms with Crippen molar-refractivity contribution in [2.45, 2.75) is 13.0 Å². The van der Waals surface area contributed by atoms with Crippen LogP contribution in [0.3, 0.4) is 0 Å². The molecule has 1 unspecified atom stereocenters. The van der Waals surface area contributed by atoms with E-state index in [-0.39, 0.29) is 17.6 Å². The number of azide groups is 1. The van der Waals surface area contributed by atoms with Gasteiger partial charge >= 0.3 is 0 Å². The van der Waals surface area contributed by atoms with Crippen LogP contribution in [0.5, 0.6) is 5.75 Å². The van der Waals surface area contributed by atoms with E-state index in [1.54, 1.807) is 11.0 Å². The molecule has 1 heterocycles. The number of carbonyl (C=O) groups excluding carboxylic acids is 1. The second-order valence-corrected chi connectivity index (χ2v) is 4.71. The van der Waals surface area contributed by atoms with E-state index >= 15 is 0 Å². The average molecular weight is 278 g/mol. The Morgan fingerprint density at radius 1 is 1.60 bits per heavy atom. The Kier molecular flexibility index (Phi) is 4.42. The maximum absolute atomic E-state index is 13.1. The Morgan fingerprint density at radius 2 is 2.40 bits per heavy atom. The van der Waals surface area contributed by atoms with Crippen molar-refractivity contribution in [2.24, 2.45) is 11.0 Å². The van der Waals surface area contributed by atoms with Crippen LogP contribution in [0.15, 0.2) is 23.3 Å². The normalized spacial score (nSPS) is 18.0. The molecule has 0 spiro atoms. The summed E-state index contributed by atoms with van der Waals surface area (Å²) in [7, 11) is 1.47. The largest absolute Gasteiger partial charge is 0.496 e. The van der Waals surface area contributed by atoms with Crippen LogP contribution in [0.1, 0.15) is 12.0 Å². The third-order valence-corrected chi connectivity index (χ3v) is 3.31. The van der Waals surface area contributed by atoms with Crippen LogP contribution in [0.2, 0.25) is 0 Å². The lowest BCUT2D eigenvalue weighted by Gasteiger charge is -2.18. The van der Waals surface area contributed by atoms with Crippen LogP contribution in [0.4, 0.5) is 4.39 Å². The number of amides is 1. The summed E-state index contributed by atoms with van der Waals surface area (Å²) in [5.41, 5.74) is 9.05. The summed E-state index contributed by atoms with van der Waals surface area (Å²) < 4.78 is 18.2. The SMILES string of the molecule is COc1cc(F)ccc1CN1CC(CN=[N+]=[N-])CC1=O. The van der Waals surface area contributed by atoms with Crippen molar-refractivity contribution in [2.75, 3.05) is 20.2 Å². The first-order valence-corrected chi connectivity index (χ1v) is 6.25. The fraction of sp³-hybridized carbons (Fsp3) is 0.462. The van der Waals surface area contributed by atoms with Gasteiger partial charge in [0.25, 0.3) is 0 Å².